The zero-order valence-corrected chi connectivity index (χ0v) is 19.0. The highest BCUT2D eigenvalue weighted by molar-refractivity contribution is 6.07. The van der Waals surface area contributed by atoms with Crippen molar-refractivity contribution in [1.29, 1.82) is 5.41 Å². The molecule has 0 radical (unpaired) electrons. The largest absolute Gasteiger partial charge is 0.481 e. The molecule has 0 fully saturated rings. The third-order valence-corrected chi connectivity index (χ3v) is 5.44. The second-order valence-corrected chi connectivity index (χ2v) is 7.78. The first-order chi connectivity index (χ1) is 16.8. The number of carboxylic acids is 1. The molecule has 0 atom stereocenters. The molecule has 0 unspecified atom stereocenters. The molecule has 0 spiro atoms. The van der Waals surface area contributed by atoms with Gasteiger partial charge in [-0.3, -0.25) is 19.9 Å². The zero-order valence-electron chi connectivity index (χ0n) is 19.0. The van der Waals surface area contributed by atoms with Gasteiger partial charge in [-0.25, -0.2) is 15.0 Å². The number of carbonyl (C=O) groups is 2. The molecule has 1 amide bonds. The third-order valence-electron chi connectivity index (χ3n) is 5.44. The van der Waals surface area contributed by atoms with Crippen LogP contribution in [0.3, 0.4) is 0 Å². The van der Waals surface area contributed by atoms with E-state index in [-0.39, 0.29) is 24.7 Å². The van der Waals surface area contributed by atoms with Gasteiger partial charge < -0.3 is 20.7 Å². The number of aliphatic carboxylic acids is 1. The summed E-state index contributed by atoms with van der Waals surface area (Å²) in [7, 11) is 1.88. The van der Waals surface area contributed by atoms with E-state index in [1.807, 2.05) is 17.7 Å². The van der Waals surface area contributed by atoms with Crippen LogP contribution in [0.5, 0.6) is 0 Å². The van der Waals surface area contributed by atoms with Gasteiger partial charge in [-0.2, -0.15) is 0 Å². The number of pyridine rings is 2. The lowest BCUT2D eigenvalue weighted by atomic mass is 10.1. The van der Waals surface area contributed by atoms with Crippen LogP contribution in [0, 0.1) is 5.41 Å². The Bertz CT molecular complexity index is 1380. The molecule has 11 nitrogen and oxygen atoms in total. The van der Waals surface area contributed by atoms with E-state index in [0.29, 0.717) is 34.8 Å². The monoisotopic (exact) mass is 472 g/mol. The number of benzene rings is 1. The average molecular weight is 473 g/mol. The normalized spacial score (nSPS) is 10.8. The van der Waals surface area contributed by atoms with Crippen LogP contribution in [0.4, 0.5) is 11.6 Å². The van der Waals surface area contributed by atoms with Gasteiger partial charge in [0.05, 0.1) is 24.0 Å². The van der Waals surface area contributed by atoms with Crippen LogP contribution in [-0.2, 0) is 18.4 Å². The van der Waals surface area contributed by atoms with E-state index in [1.54, 1.807) is 48.7 Å². The van der Waals surface area contributed by atoms with Crippen molar-refractivity contribution in [3.05, 3.63) is 77.9 Å². The first kappa shape index (κ1) is 23.4. The Hall–Kier alpha value is -4.80. The molecule has 4 aromatic rings. The summed E-state index contributed by atoms with van der Waals surface area (Å²) in [6, 6.07) is 13.8. The van der Waals surface area contributed by atoms with Crippen LogP contribution in [0.25, 0.3) is 11.0 Å². The number of carboxylic acid groups (broad SMARTS) is 1. The Labute approximate surface area is 200 Å². The van der Waals surface area contributed by atoms with Crippen molar-refractivity contribution in [3.8, 4) is 0 Å². The maximum atomic E-state index is 13.3. The molecule has 178 valence electrons. The van der Waals surface area contributed by atoms with Gasteiger partial charge in [-0.15, -0.1) is 0 Å². The summed E-state index contributed by atoms with van der Waals surface area (Å²) in [5, 5.41) is 19.7. The Kier molecular flexibility index (Phi) is 6.67. The summed E-state index contributed by atoms with van der Waals surface area (Å²) >= 11 is 0. The number of nitrogen functional groups attached to an aromatic ring is 1. The molecule has 5 N–H and O–H groups in total. The number of nitrogens with one attached hydrogen (secondary N) is 2. The van der Waals surface area contributed by atoms with E-state index in [0.717, 1.165) is 11.3 Å². The van der Waals surface area contributed by atoms with Gasteiger partial charge >= 0.3 is 5.97 Å². The molecular formula is C24H24N8O3. The topological polar surface area (TPSA) is 163 Å². The first-order valence-corrected chi connectivity index (χ1v) is 10.8. The molecule has 0 aliphatic carbocycles. The number of rotatable bonds is 9. The van der Waals surface area contributed by atoms with Crippen molar-refractivity contribution in [2.75, 3.05) is 16.8 Å². The maximum absolute atomic E-state index is 13.3. The molecule has 0 aliphatic heterocycles. The van der Waals surface area contributed by atoms with Gasteiger partial charge in [0.15, 0.2) is 0 Å². The smallest absolute Gasteiger partial charge is 0.305 e. The number of fused-ring (bicyclic) bond motifs is 1. The number of anilines is 2. The van der Waals surface area contributed by atoms with Gasteiger partial charge in [0.25, 0.3) is 5.91 Å². The highest BCUT2D eigenvalue weighted by Gasteiger charge is 2.21. The maximum Gasteiger partial charge on any atom is 0.305 e. The molecule has 3 heterocycles. The minimum Gasteiger partial charge on any atom is -0.481 e. The van der Waals surface area contributed by atoms with Crippen LogP contribution >= 0.6 is 0 Å². The number of hydrogen-bond donors (Lipinski definition) is 4. The summed E-state index contributed by atoms with van der Waals surface area (Å²) in [4.78, 5) is 38.9. The van der Waals surface area contributed by atoms with E-state index < -0.39 is 5.97 Å². The number of aryl methyl sites for hydroxylation is 1. The molecule has 1 aromatic carbocycles. The summed E-state index contributed by atoms with van der Waals surface area (Å²) in [5.41, 5.74) is 7.86. The summed E-state index contributed by atoms with van der Waals surface area (Å²) in [5.74, 6) is 0.327. The lowest BCUT2D eigenvalue weighted by Crippen LogP contribution is -2.33. The Morgan fingerprint density at radius 2 is 1.94 bits per heavy atom. The quantitative estimate of drug-likeness (QED) is 0.213. The number of amides is 1. The number of hydrogen-bond acceptors (Lipinski definition) is 7. The molecular weight excluding hydrogens is 448 g/mol. The minimum atomic E-state index is -0.999. The van der Waals surface area contributed by atoms with Crippen molar-refractivity contribution < 1.29 is 14.7 Å². The Morgan fingerprint density at radius 3 is 2.60 bits per heavy atom. The molecule has 3 aromatic heterocycles. The van der Waals surface area contributed by atoms with Crippen LogP contribution in [0.2, 0.25) is 0 Å². The fourth-order valence-corrected chi connectivity index (χ4v) is 3.57. The third kappa shape index (κ3) is 5.24. The van der Waals surface area contributed by atoms with Crippen molar-refractivity contribution in [2.24, 2.45) is 12.8 Å². The fourth-order valence-electron chi connectivity index (χ4n) is 3.57. The van der Waals surface area contributed by atoms with E-state index in [1.165, 1.54) is 11.1 Å². The second-order valence-electron chi connectivity index (χ2n) is 7.78. The minimum absolute atomic E-state index is 0.00394. The predicted octanol–water partition coefficient (Wildman–Crippen LogP) is 2.38. The van der Waals surface area contributed by atoms with Crippen molar-refractivity contribution in [1.82, 2.24) is 19.5 Å². The molecule has 0 saturated heterocycles. The Morgan fingerprint density at radius 1 is 1.14 bits per heavy atom. The summed E-state index contributed by atoms with van der Waals surface area (Å²) < 4.78 is 1.92. The second kappa shape index (κ2) is 10.00. The number of nitrogens with two attached hydrogens (primary N) is 1. The molecule has 11 heteroatoms. The van der Waals surface area contributed by atoms with Gasteiger partial charge in [0.1, 0.15) is 23.3 Å². The molecule has 0 aliphatic rings. The van der Waals surface area contributed by atoms with Gasteiger partial charge in [-0.1, -0.05) is 6.07 Å². The molecule has 35 heavy (non-hydrogen) atoms. The van der Waals surface area contributed by atoms with E-state index >= 15 is 0 Å². The van der Waals surface area contributed by atoms with Gasteiger partial charge in [0.2, 0.25) is 0 Å². The van der Waals surface area contributed by atoms with Crippen LogP contribution < -0.4 is 16.0 Å². The fraction of sp³-hybridized carbons (Fsp3) is 0.167. The number of nitrogens with zero attached hydrogens (tertiary/aromatic N) is 5. The average Bonchev–Trinajstić information content (AvgIpc) is 3.18. The number of imidazole rings is 1. The van der Waals surface area contributed by atoms with E-state index in [4.69, 9.17) is 16.2 Å². The van der Waals surface area contributed by atoms with E-state index in [9.17, 15) is 9.59 Å². The highest BCUT2D eigenvalue weighted by atomic mass is 16.4. The van der Waals surface area contributed by atoms with Crippen molar-refractivity contribution >= 4 is 40.4 Å². The Balaban J connectivity index is 1.56. The van der Waals surface area contributed by atoms with Gasteiger partial charge in [-0.05, 0) is 42.5 Å². The number of carbonyl (C=O) groups excluding carboxylic acids is 1. The highest BCUT2D eigenvalue weighted by Crippen LogP contribution is 2.21. The summed E-state index contributed by atoms with van der Waals surface area (Å²) in [6.45, 7) is 0.384. The predicted molar refractivity (Wildman–Crippen MR) is 131 cm³/mol. The van der Waals surface area contributed by atoms with Gasteiger partial charge in [0, 0.05) is 37.1 Å². The molecule has 0 bridgehead atoms. The number of aromatic nitrogens is 4. The van der Waals surface area contributed by atoms with E-state index in [2.05, 4.69) is 20.3 Å². The van der Waals surface area contributed by atoms with Crippen LogP contribution in [0.15, 0.2) is 60.9 Å². The molecule has 0 saturated carbocycles. The van der Waals surface area contributed by atoms with Crippen molar-refractivity contribution in [3.63, 3.8) is 0 Å². The van der Waals surface area contributed by atoms with Crippen molar-refractivity contribution in [2.45, 2.75) is 13.0 Å². The lowest BCUT2D eigenvalue weighted by molar-refractivity contribution is -0.136. The first-order valence-electron chi connectivity index (χ1n) is 10.8. The lowest BCUT2D eigenvalue weighted by Gasteiger charge is -2.21. The zero-order chi connectivity index (χ0) is 24.9. The standard InChI is InChI=1S/C24H24N8O3/c1-31-18-7-5-15(24(35)32(11-9-22(33)34)20-4-2-3-10-27-20)12-17(18)30-21(31)14-29-19-8-6-16(13-28-19)23(25)26/h2-8,10,12-13H,9,11,14H2,1H3,(H3,25,26)(H,28,29)(H,33,34). The summed E-state index contributed by atoms with van der Waals surface area (Å²) in [6.07, 6.45) is 2.88. The SMILES string of the molecule is Cn1c(CNc2ccc(C(=N)N)cn2)nc2cc(C(=O)N(CCC(=O)O)c3ccccn3)ccc21. The number of amidine groups is 1. The van der Waals surface area contributed by atoms with Crippen LogP contribution in [0.1, 0.15) is 28.2 Å². The molecule has 4 rings (SSSR count). The van der Waals surface area contributed by atoms with Crippen LogP contribution in [-0.4, -0.2) is 48.9 Å².